The van der Waals surface area contributed by atoms with Gasteiger partial charge in [-0.25, -0.2) is 4.79 Å². The third-order valence-corrected chi connectivity index (χ3v) is 4.28. The van der Waals surface area contributed by atoms with E-state index in [4.69, 9.17) is 4.74 Å². The molecule has 1 N–H and O–H groups in total. The highest BCUT2D eigenvalue weighted by Gasteiger charge is 2.26. The number of Topliss-reactive ketones (excluding diaryl/α,β-unsaturated/α-hetero) is 1. The van der Waals surface area contributed by atoms with Gasteiger partial charge < -0.3 is 10.1 Å². The van der Waals surface area contributed by atoms with Crippen molar-refractivity contribution in [2.45, 2.75) is 19.9 Å². The van der Waals surface area contributed by atoms with E-state index in [2.05, 4.69) is 21.2 Å². The normalized spacial score (nSPS) is 11.7. The summed E-state index contributed by atoms with van der Waals surface area (Å²) in [5.74, 6) is -1.48. The van der Waals surface area contributed by atoms with Crippen molar-refractivity contribution in [2.24, 2.45) is 5.92 Å². The minimum Gasteiger partial charge on any atom is -0.456 e. The Hall–Kier alpha value is -2.47. The average Bonchev–Trinajstić information content (AvgIpc) is 2.64. The van der Waals surface area contributed by atoms with Crippen LogP contribution in [0.25, 0.3) is 0 Å². The van der Waals surface area contributed by atoms with E-state index in [1.54, 1.807) is 68.4 Å². The highest BCUT2D eigenvalue weighted by Crippen LogP contribution is 2.12. The summed E-state index contributed by atoms with van der Waals surface area (Å²) in [7, 11) is 0. The number of ether oxygens (including phenoxy) is 1. The largest absolute Gasteiger partial charge is 0.456 e. The number of esters is 1. The summed E-state index contributed by atoms with van der Waals surface area (Å²) < 4.78 is 5.99. The molecule has 0 unspecified atom stereocenters. The Balaban J connectivity index is 1.96. The zero-order chi connectivity index (χ0) is 19.1. The molecule has 0 fully saturated rings. The fourth-order valence-electron chi connectivity index (χ4n) is 2.26. The van der Waals surface area contributed by atoms with Crippen molar-refractivity contribution in [2.75, 3.05) is 6.61 Å². The number of rotatable bonds is 7. The van der Waals surface area contributed by atoms with E-state index in [0.717, 1.165) is 4.47 Å². The molecule has 26 heavy (non-hydrogen) atoms. The molecule has 0 aliphatic carbocycles. The first-order chi connectivity index (χ1) is 12.4. The molecule has 2 rings (SSSR count). The molecule has 0 spiro atoms. The van der Waals surface area contributed by atoms with E-state index in [-0.39, 0.29) is 24.2 Å². The number of nitrogens with one attached hydrogen (secondary N) is 1. The van der Waals surface area contributed by atoms with Crippen LogP contribution in [0.4, 0.5) is 0 Å². The number of hydrogen-bond donors (Lipinski definition) is 1. The number of carbonyl (C=O) groups is 3. The minimum absolute atomic E-state index is 0.182. The van der Waals surface area contributed by atoms with E-state index in [1.165, 1.54) is 0 Å². The van der Waals surface area contributed by atoms with E-state index in [1.807, 2.05) is 0 Å². The van der Waals surface area contributed by atoms with Crippen LogP contribution in [0.3, 0.4) is 0 Å². The maximum absolute atomic E-state index is 12.3. The Kier molecular flexibility index (Phi) is 7.09. The van der Waals surface area contributed by atoms with Gasteiger partial charge in [0.25, 0.3) is 5.91 Å². The number of benzene rings is 2. The third-order valence-electron chi connectivity index (χ3n) is 3.75. The molecule has 2 aromatic rings. The summed E-state index contributed by atoms with van der Waals surface area (Å²) in [5.41, 5.74) is 0.910. The van der Waals surface area contributed by atoms with Crippen LogP contribution in [0.5, 0.6) is 0 Å². The topological polar surface area (TPSA) is 72.5 Å². The molecule has 1 amide bonds. The highest BCUT2D eigenvalue weighted by atomic mass is 79.9. The number of halogens is 1. The lowest BCUT2D eigenvalue weighted by molar-refractivity contribution is -0.145. The van der Waals surface area contributed by atoms with Crippen LogP contribution in [0, 0.1) is 5.92 Å². The molecule has 0 aromatic heterocycles. The van der Waals surface area contributed by atoms with Crippen molar-refractivity contribution in [1.29, 1.82) is 0 Å². The maximum atomic E-state index is 12.3. The van der Waals surface area contributed by atoms with E-state index >= 15 is 0 Å². The van der Waals surface area contributed by atoms with Gasteiger partial charge in [-0.05, 0) is 30.2 Å². The second kappa shape index (κ2) is 9.29. The molecule has 0 heterocycles. The molecule has 0 saturated carbocycles. The van der Waals surface area contributed by atoms with E-state index < -0.39 is 12.0 Å². The van der Waals surface area contributed by atoms with Gasteiger partial charge in [0.2, 0.25) is 0 Å². The Morgan fingerprint density at radius 2 is 1.58 bits per heavy atom. The summed E-state index contributed by atoms with van der Waals surface area (Å²) in [6.45, 7) is 3.23. The SMILES string of the molecule is CC(C)[C@H](NC(=O)c1ccccc1)C(=O)OCC(=O)c1ccc(Br)cc1. The predicted octanol–water partition coefficient (Wildman–Crippen LogP) is 3.63. The van der Waals surface area contributed by atoms with Gasteiger partial charge in [-0.2, -0.15) is 0 Å². The summed E-state index contributed by atoms with van der Waals surface area (Å²) >= 11 is 3.30. The lowest BCUT2D eigenvalue weighted by Gasteiger charge is -2.20. The summed E-state index contributed by atoms with van der Waals surface area (Å²) in [6, 6.07) is 14.6. The molecule has 136 valence electrons. The first kappa shape index (κ1) is 19.8. The van der Waals surface area contributed by atoms with Crippen molar-refractivity contribution >= 4 is 33.6 Å². The molecule has 0 radical (unpaired) electrons. The quantitative estimate of drug-likeness (QED) is 0.551. The van der Waals surface area contributed by atoms with Crippen molar-refractivity contribution in [3.8, 4) is 0 Å². The third kappa shape index (κ3) is 5.52. The first-order valence-corrected chi connectivity index (χ1v) is 8.99. The van der Waals surface area contributed by atoms with Crippen molar-refractivity contribution in [3.63, 3.8) is 0 Å². The zero-order valence-corrected chi connectivity index (χ0v) is 16.2. The summed E-state index contributed by atoms with van der Waals surface area (Å²) in [6.07, 6.45) is 0. The summed E-state index contributed by atoms with van der Waals surface area (Å²) in [5, 5.41) is 2.67. The number of amides is 1. The second-order valence-corrected chi connectivity index (χ2v) is 7.01. The minimum atomic E-state index is -0.833. The van der Waals surface area contributed by atoms with Gasteiger partial charge in [0.1, 0.15) is 6.04 Å². The Morgan fingerprint density at radius 3 is 2.15 bits per heavy atom. The Labute approximate surface area is 160 Å². The monoisotopic (exact) mass is 417 g/mol. The highest BCUT2D eigenvalue weighted by molar-refractivity contribution is 9.10. The lowest BCUT2D eigenvalue weighted by Crippen LogP contribution is -2.45. The average molecular weight is 418 g/mol. The Bertz CT molecular complexity index is 772. The van der Waals surface area contributed by atoms with Gasteiger partial charge in [-0.3, -0.25) is 9.59 Å². The molecular weight excluding hydrogens is 398 g/mol. The maximum Gasteiger partial charge on any atom is 0.329 e. The molecule has 0 aliphatic heterocycles. The van der Waals surface area contributed by atoms with Crippen LogP contribution in [-0.2, 0) is 9.53 Å². The van der Waals surface area contributed by atoms with Crippen LogP contribution in [-0.4, -0.2) is 30.3 Å². The van der Waals surface area contributed by atoms with Gasteiger partial charge >= 0.3 is 5.97 Å². The van der Waals surface area contributed by atoms with Gasteiger partial charge in [-0.15, -0.1) is 0 Å². The molecule has 2 aromatic carbocycles. The molecule has 6 heteroatoms. The molecular formula is C20H20BrNO4. The summed E-state index contributed by atoms with van der Waals surface area (Å²) in [4.78, 5) is 36.7. The van der Waals surface area contributed by atoms with Crippen LogP contribution in [0.15, 0.2) is 59.1 Å². The van der Waals surface area contributed by atoms with Crippen LogP contribution >= 0.6 is 15.9 Å². The smallest absolute Gasteiger partial charge is 0.329 e. The molecule has 0 saturated heterocycles. The van der Waals surface area contributed by atoms with Crippen LogP contribution < -0.4 is 5.32 Å². The van der Waals surface area contributed by atoms with Gasteiger partial charge in [0.15, 0.2) is 12.4 Å². The molecule has 0 aliphatic rings. The fourth-order valence-corrected chi connectivity index (χ4v) is 2.52. The zero-order valence-electron chi connectivity index (χ0n) is 14.6. The van der Waals surface area contributed by atoms with Crippen LogP contribution in [0.1, 0.15) is 34.6 Å². The van der Waals surface area contributed by atoms with E-state index in [9.17, 15) is 14.4 Å². The second-order valence-electron chi connectivity index (χ2n) is 6.10. The fraction of sp³-hybridized carbons (Fsp3) is 0.250. The number of hydrogen-bond acceptors (Lipinski definition) is 4. The van der Waals surface area contributed by atoms with Crippen molar-refractivity contribution < 1.29 is 19.1 Å². The number of carbonyl (C=O) groups excluding carboxylic acids is 3. The standard InChI is InChI=1S/C20H20BrNO4/c1-13(2)18(22-19(24)15-6-4-3-5-7-15)20(25)26-12-17(23)14-8-10-16(21)11-9-14/h3-11,13,18H,12H2,1-2H3,(H,22,24)/t18-/m0/s1. The Morgan fingerprint density at radius 1 is 0.962 bits per heavy atom. The van der Waals surface area contributed by atoms with Gasteiger partial charge in [0.05, 0.1) is 0 Å². The van der Waals surface area contributed by atoms with Crippen LogP contribution in [0.2, 0.25) is 0 Å². The lowest BCUT2D eigenvalue weighted by atomic mass is 10.0. The van der Waals surface area contributed by atoms with Gasteiger partial charge in [-0.1, -0.05) is 60.1 Å². The van der Waals surface area contributed by atoms with Crippen molar-refractivity contribution in [3.05, 3.63) is 70.2 Å². The van der Waals surface area contributed by atoms with Gasteiger partial charge in [0, 0.05) is 15.6 Å². The molecule has 0 bridgehead atoms. The molecule has 5 nitrogen and oxygen atoms in total. The van der Waals surface area contributed by atoms with Crippen molar-refractivity contribution in [1.82, 2.24) is 5.32 Å². The van der Waals surface area contributed by atoms with E-state index in [0.29, 0.717) is 11.1 Å². The predicted molar refractivity (Wildman–Crippen MR) is 102 cm³/mol. The molecule has 1 atom stereocenters. The number of ketones is 1. The first-order valence-electron chi connectivity index (χ1n) is 8.20.